The molecule has 1 fully saturated rings. The summed E-state index contributed by atoms with van der Waals surface area (Å²) in [5.41, 5.74) is 3.07. The number of fused-ring (bicyclic) bond motifs is 1. The molecule has 0 aromatic carbocycles. The highest BCUT2D eigenvalue weighted by Gasteiger charge is 2.43. The monoisotopic (exact) mass is 380 g/mol. The Labute approximate surface area is 158 Å². The van der Waals surface area contributed by atoms with E-state index in [1.165, 1.54) is 11.3 Å². The van der Waals surface area contributed by atoms with Crippen molar-refractivity contribution in [2.24, 2.45) is 0 Å². The summed E-state index contributed by atoms with van der Waals surface area (Å²) in [6.45, 7) is 0. The molecule has 4 aromatic rings. The van der Waals surface area contributed by atoms with Crippen LogP contribution in [0.1, 0.15) is 29.5 Å². The average Bonchev–Trinajstić information content (AvgIpc) is 3.37. The molecule has 4 heterocycles. The van der Waals surface area contributed by atoms with Crippen molar-refractivity contribution in [1.29, 1.82) is 0 Å². The summed E-state index contributed by atoms with van der Waals surface area (Å²) in [5.74, 6) is 0.496. The normalized spacial score (nSPS) is 19.0. The molecule has 4 aromatic heterocycles. The van der Waals surface area contributed by atoms with Crippen molar-refractivity contribution in [2.45, 2.75) is 18.3 Å². The third kappa shape index (κ3) is 2.45. The first-order valence-electron chi connectivity index (χ1n) is 8.25. The van der Waals surface area contributed by atoms with Gasteiger partial charge in [0.15, 0.2) is 4.96 Å². The summed E-state index contributed by atoms with van der Waals surface area (Å²) >= 11 is 7.88. The summed E-state index contributed by atoms with van der Waals surface area (Å²) in [4.78, 5) is 26.8. The van der Waals surface area contributed by atoms with E-state index in [2.05, 4.69) is 16.0 Å². The van der Waals surface area contributed by atoms with Crippen LogP contribution in [0.25, 0.3) is 16.3 Å². The molecule has 0 aliphatic heterocycles. The Morgan fingerprint density at radius 3 is 2.85 bits per heavy atom. The van der Waals surface area contributed by atoms with Crippen molar-refractivity contribution >= 4 is 27.9 Å². The minimum absolute atomic E-state index is 0.171. The predicted octanol–water partition coefficient (Wildman–Crippen LogP) is 4.14. The second-order valence-electron chi connectivity index (χ2n) is 6.31. The summed E-state index contributed by atoms with van der Waals surface area (Å²) in [6.07, 6.45) is 6.27. The zero-order chi connectivity index (χ0) is 17.7. The van der Waals surface area contributed by atoms with E-state index in [-0.39, 0.29) is 16.5 Å². The quantitative estimate of drug-likeness (QED) is 0.536. The fourth-order valence-corrected chi connectivity index (χ4v) is 4.49. The van der Waals surface area contributed by atoms with E-state index in [9.17, 15) is 4.79 Å². The number of pyridine rings is 2. The van der Waals surface area contributed by atoms with E-state index in [0.29, 0.717) is 16.6 Å². The first kappa shape index (κ1) is 15.7. The number of thiazole rings is 1. The van der Waals surface area contributed by atoms with Gasteiger partial charge in [0, 0.05) is 29.9 Å². The minimum Gasteiger partial charge on any atom is -0.267 e. The average molecular weight is 381 g/mol. The summed E-state index contributed by atoms with van der Waals surface area (Å²) < 4.78 is 1.56. The molecule has 0 N–H and O–H groups in total. The van der Waals surface area contributed by atoms with E-state index in [0.717, 1.165) is 23.4 Å². The second kappa shape index (κ2) is 6.00. The topological polar surface area (TPSA) is 60.2 Å². The van der Waals surface area contributed by atoms with Crippen molar-refractivity contribution in [3.63, 3.8) is 0 Å². The Bertz CT molecular complexity index is 1160. The highest BCUT2D eigenvalue weighted by atomic mass is 35.5. The maximum absolute atomic E-state index is 12.9. The molecular formula is C19H13ClN4OS. The minimum atomic E-state index is -0.231. The summed E-state index contributed by atoms with van der Waals surface area (Å²) in [6, 6.07) is 9.59. The number of hydrogen-bond donors (Lipinski definition) is 0. The number of aromatic nitrogens is 4. The molecule has 128 valence electrons. The van der Waals surface area contributed by atoms with Gasteiger partial charge in [-0.1, -0.05) is 23.7 Å². The lowest BCUT2D eigenvalue weighted by molar-refractivity contribution is 0.937. The molecule has 2 unspecified atom stereocenters. The van der Waals surface area contributed by atoms with Crippen molar-refractivity contribution in [1.82, 2.24) is 19.4 Å². The number of halogens is 1. The zero-order valence-electron chi connectivity index (χ0n) is 13.5. The molecular weight excluding hydrogens is 368 g/mol. The van der Waals surface area contributed by atoms with Crippen molar-refractivity contribution in [3.05, 3.63) is 80.9 Å². The van der Waals surface area contributed by atoms with Crippen molar-refractivity contribution < 1.29 is 0 Å². The van der Waals surface area contributed by atoms with Crippen LogP contribution in [0.2, 0.25) is 5.02 Å². The highest BCUT2D eigenvalue weighted by Crippen LogP contribution is 2.55. The molecule has 0 bridgehead atoms. The lowest BCUT2D eigenvalue weighted by Gasteiger charge is -2.06. The molecule has 0 radical (unpaired) electrons. The van der Waals surface area contributed by atoms with Gasteiger partial charge in [-0.25, -0.2) is 9.38 Å². The molecule has 1 saturated carbocycles. The summed E-state index contributed by atoms with van der Waals surface area (Å²) in [7, 11) is 0. The Kier molecular flexibility index (Phi) is 3.62. The molecule has 0 spiro atoms. The van der Waals surface area contributed by atoms with Crippen LogP contribution in [0.15, 0.2) is 59.1 Å². The summed E-state index contributed by atoms with van der Waals surface area (Å²) in [5, 5.41) is 2.10. The smallest absolute Gasteiger partial charge is 0.267 e. The van der Waals surface area contributed by atoms with Crippen LogP contribution < -0.4 is 5.56 Å². The van der Waals surface area contributed by atoms with Crippen molar-refractivity contribution in [3.8, 4) is 11.4 Å². The lowest BCUT2D eigenvalue weighted by Crippen LogP contribution is -2.17. The second-order valence-corrected chi connectivity index (χ2v) is 7.52. The van der Waals surface area contributed by atoms with Crippen LogP contribution in [-0.2, 0) is 0 Å². The highest BCUT2D eigenvalue weighted by molar-refractivity contribution is 7.15. The molecule has 7 heteroatoms. The van der Waals surface area contributed by atoms with Crippen LogP contribution in [-0.4, -0.2) is 19.4 Å². The number of nitrogens with zero attached hydrogens (tertiary/aromatic N) is 4. The van der Waals surface area contributed by atoms with Crippen LogP contribution in [0.3, 0.4) is 0 Å². The molecule has 5 nitrogen and oxygen atoms in total. The third-order valence-corrected chi connectivity index (χ3v) is 5.90. The number of rotatable bonds is 3. The Morgan fingerprint density at radius 2 is 2.08 bits per heavy atom. The fourth-order valence-electron chi connectivity index (χ4n) is 3.35. The van der Waals surface area contributed by atoms with Crippen LogP contribution >= 0.6 is 22.9 Å². The van der Waals surface area contributed by atoms with Gasteiger partial charge in [0.25, 0.3) is 5.56 Å². The van der Waals surface area contributed by atoms with Crippen LogP contribution in [0.5, 0.6) is 0 Å². The van der Waals surface area contributed by atoms with E-state index >= 15 is 0 Å². The molecule has 2 atom stereocenters. The molecule has 26 heavy (non-hydrogen) atoms. The van der Waals surface area contributed by atoms with Gasteiger partial charge >= 0.3 is 0 Å². The van der Waals surface area contributed by atoms with E-state index in [4.69, 9.17) is 16.6 Å². The van der Waals surface area contributed by atoms with E-state index in [1.807, 2.05) is 35.8 Å². The van der Waals surface area contributed by atoms with Gasteiger partial charge in [-0.2, -0.15) is 0 Å². The maximum atomic E-state index is 12.9. The Balaban J connectivity index is 1.60. The van der Waals surface area contributed by atoms with Gasteiger partial charge in [0.1, 0.15) is 5.02 Å². The Hall–Kier alpha value is -2.57. The standard InChI is InChI=1S/C19H13ClN4OS/c20-16-17(13-8-12(13)11-4-3-6-21-9-11)23-19-24(18(16)25)15(10-26-19)14-5-1-2-7-22-14/h1-7,9-10,12-13H,8H2. The number of hydrogen-bond acceptors (Lipinski definition) is 5. The first-order chi connectivity index (χ1) is 12.7. The molecule has 1 aliphatic carbocycles. The third-order valence-electron chi connectivity index (χ3n) is 4.72. The zero-order valence-corrected chi connectivity index (χ0v) is 15.1. The van der Waals surface area contributed by atoms with Gasteiger partial charge in [0.2, 0.25) is 0 Å². The van der Waals surface area contributed by atoms with Gasteiger partial charge in [0.05, 0.1) is 17.1 Å². The van der Waals surface area contributed by atoms with Crippen LogP contribution in [0.4, 0.5) is 0 Å². The van der Waals surface area contributed by atoms with Crippen LogP contribution in [0, 0.1) is 0 Å². The Morgan fingerprint density at radius 1 is 1.15 bits per heavy atom. The van der Waals surface area contributed by atoms with Gasteiger partial charge in [-0.15, -0.1) is 11.3 Å². The van der Waals surface area contributed by atoms with E-state index < -0.39 is 0 Å². The van der Waals surface area contributed by atoms with E-state index in [1.54, 1.807) is 16.8 Å². The largest absolute Gasteiger partial charge is 0.278 e. The van der Waals surface area contributed by atoms with Gasteiger partial charge in [-0.3, -0.25) is 14.8 Å². The lowest BCUT2D eigenvalue weighted by atomic mass is 10.1. The molecule has 1 aliphatic rings. The maximum Gasteiger partial charge on any atom is 0.278 e. The first-order valence-corrected chi connectivity index (χ1v) is 9.51. The SMILES string of the molecule is O=c1c(Cl)c(C2CC2c2cccnc2)nc2scc(-c3ccccn3)n12. The van der Waals surface area contributed by atoms with Crippen molar-refractivity contribution in [2.75, 3.05) is 0 Å². The molecule has 0 amide bonds. The molecule has 0 saturated heterocycles. The predicted molar refractivity (Wildman–Crippen MR) is 102 cm³/mol. The van der Waals surface area contributed by atoms with Gasteiger partial charge < -0.3 is 0 Å². The molecule has 5 rings (SSSR count). The van der Waals surface area contributed by atoms with Gasteiger partial charge in [-0.05, 0) is 36.1 Å². The fraction of sp³-hybridized carbons (Fsp3) is 0.158.